The highest BCUT2D eigenvalue weighted by Crippen LogP contribution is 2.38. The van der Waals surface area contributed by atoms with Crippen LogP contribution in [0.25, 0.3) is 0 Å². The fourth-order valence-corrected chi connectivity index (χ4v) is 3.61. The number of hydrogen-bond acceptors (Lipinski definition) is 4. The van der Waals surface area contributed by atoms with E-state index in [1.807, 2.05) is 32.0 Å². The number of amides is 1. The maximum absolute atomic E-state index is 12.1. The van der Waals surface area contributed by atoms with E-state index in [-0.39, 0.29) is 5.91 Å². The molecule has 0 radical (unpaired) electrons. The summed E-state index contributed by atoms with van der Waals surface area (Å²) in [5.41, 5.74) is 1.87. The fourth-order valence-electron chi connectivity index (χ4n) is 2.29. The van der Waals surface area contributed by atoms with Crippen molar-refractivity contribution in [2.24, 2.45) is 0 Å². The van der Waals surface area contributed by atoms with Crippen LogP contribution in [-0.4, -0.2) is 26.4 Å². The molecule has 1 aliphatic rings. The van der Waals surface area contributed by atoms with Gasteiger partial charge < -0.3 is 9.88 Å². The lowest BCUT2D eigenvalue weighted by molar-refractivity contribution is -0.113. The molecule has 2 aromatic rings. The van der Waals surface area contributed by atoms with Crippen molar-refractivity contribution in [1.29, 1.82) is 0 Å². The number of carbonyl (C=O) groups excluding carboxylic acids is 1. The molecule has 5 nitrogen and oxygen atoms in total. The van der Waals surface area contributed by atoms with Crippen molar-refractivity contribution in [3.8, 4) is 0 Å². The third-order valence-corrected chi connectivity index (χ3v) is 4.98. The molecular formula is C15H17BrN4OS. The van der Waals surface area contributed by atoms with E-state index in [1.54, 1.807) is 0 Å². The summed E-state index contributed by atoms with van der Waals surface area (Å²) < 4.78 is 3.15. The van der Waals surface area contributed by atoms with Gasteiger partial charge in [0.1, 0.15) is 5.82 Å². The number of aromatic nitrogens is 3. The summed E-state index contributed by atoms with van der Waals surface area (Å²) in [6.45, 7) is 3.93. The van der Waals surface area contributed by atoms with Gasteiger partial charge in [0.05, 0.1) is 5.75 Å². The molecule has 0 bridgehead atoms. The van der Waals surface area contributed by atoms with Crippen LogP contribution in [0.1, 0.15) is 30.3 Å². The number of hydrogen-bond donors (Lipinski definition) is 1. The molecule has 0 spiro atoms. The zero-order valence-electron chi connectivity index (χ0n) is 12.5. The van der Waals surface area contributed by atoms with Crippen LogP contribution in [0.3, 0.4) is 0 Å². The molecule has 1 aromatic carbocycles. The Balaban J connectivity index is 1.61. The molecule has 1 amide bonds. The van der Waals surface area contributed by atoms with E-state index >= 15 is 0 Å². The van der Waals surface area contributed by atoms with Crippen molar-refractivity contribution >= 4 is 39.3 Å². The molecule has 7 heteroatoms. The summed E-state index contributed by atoms with van der Waals surface area (Å²) in [6.07, 6.45) is 2.35. The molecule has 116 valence electrons. The number of carbonyl (C=O) groups is 1. The topological polar surface area (TPSA) is 59.8 Å². The van der Waals surface area contributed by atoms with Gasteiger partial charge in [0.15, 0.2) is 5.16 Å². The molecule has 1 saturated carbocycles. The predicted molar refractivity (Wildman–Crippen MR) is 91.3 cm³/mol. The van der Waals surface area contributed by atoms with E-state index in [1.165, 1.54) is 24.6 Å². The van der Waals surface area contributed by atoms with Crippen molar-refractivity contribution < 1.29 is 4.79 Å². The van der Waals surface area contributed by atoms with Crippen molar-refractivity contribution in [3.05, 3.63) is 34.1 Å². The average Bonchev–Trinajstić information content (AvgIpc) is 3.23. The second kappa shape index (κ2) is 6.42. The molecule has 0 saturated heterocycles. The fraction of sp³-hybridized carbons (Fsp3) is 0.400. The van der Waals surface area contributed by atoms with Gasteiger partial charge in [-0.05, 0) is 50.5 Å². The molecule has 0 atom stereocenters. The van der Waals surface area contributed by atoms with Crippen LogP contribution in [0.5, 0.6) is 0 Å². The highest BCUT2D eigenvalue weighted by Gasteiger charge is 2.28. The van der Waals surface area contributed by atoms with Crippen LogP contribution in [0.15, 0.2) is 27.8 Å². The predicted octanol–water partition coefficient (Wildman–Crippen LogP) is 3.72. The van der Waals surface area contributed by atoms with Crippen molar-refractivity contribution in [1.82, 2.24) is 14.8 Å². The molecule has 1 aliphatic carbocycles. The van der Waals surface area contributed by atoms with Gasteiger partial charge in [-0.25, -0.2) is 0 Å². The minimum absolute atomic E-state index is 0.0292. The summed E-state index contributed by atoms with van der Waals surface area (Å²) in [5.74, 6) is 1.23. The zero-order chi connectivity index (χ0) is 15.7. The maximum atomic E-state index is 12.1. The highest BCUT2D eigenvalue weighted by atomic mass is 79.9. The first-order valence-electron chi connectivity index (χ1n) is 7.15. The third kappa shape index (κ3) is 3.52. The summed E-state index contributed by atoms with van der Waals surface area (Å²) >= 11 is 4.86. The van der Waals surface area contributed by atoms with Gasteiger partial charge in [0.2, 0.25) is 5.91 Å². The molecular weight excluding hydrogens is 364 g/mol. The molecule has 1 N–H and O–H groups in total. The van der Waals surface area contributed by atoms with Crippen molar-refractivity contribution in [2.45, 2.75) is 37.9 Å². The number of aryl methyl sites for hydroxylation is 2. The van der Waals surface area contributed by atoms with Crippen LogP contribution in [-0.2, 0) is 4.79 Å². The molecule has 1 heterocycles. The smallest absolute Gasteiger partial charge is 0.234 e. The largest absolute Gasteiger partial charge is 0.325 e. The number of nitrogens with zero attached hydrogens (tertiary/aromatic N) is 3. The van der Waals surface area contributed by atoms with E-state index in [4.69, 9.17) is 0 Å². The summed E-state index contributed by atoms with van der Waals surface area (Å²) in [6, 6.07) is 6.33. The van der Waals surface area contributed by atoms with Gasteiger partial charge in [-0.15, -0.1) is 10.2 Å². The van der Waals surface area contributed by atoms with Crippen LogP contribution < -0.4 is 5.32 Å². The molecule has 0 unspecified atom stereocenters. The number of nitrogens with one attached hydrogen (secondary N) is 1. The Hall–Kier alpha value is -1.34. The van der Waals surface area contributed by atoms with Gasteiger partial charge in [0, 0.05) is 16.2 Å². The van der Waals surface area contributed by atoms with E-state index in [9.17, 15) is 4.79 Å². The first-order chi connectivity index (χ1) is 10.5. The van der Waals surface area contributed by atoms with Gasteiger partial charge in [-0.2, -0.15) is 0 Å². The maximum Gasteiger partial charge on any atom is 0.234 e. The lowest BCUT2D eigenvalue weighted by Gasteiger charge is -2.09. The monoisotopic (exact) mass is 380 g/mol. The Kier molecular flexibility index (Phi) is 4.54. The minimum Gasteiger partial charge on any atom is -0.325 e. The lowest BCUT2D eigenvalue weighted by Crippen LogP contribution is -2.15. The zero-order valence-corrected chi connectivity index (χ0v) is 14.9. The standard InChI is InChI=1S/C15H17BrN4OS/c1-9-7-11(16)3-6-13(9)17-14(21)8-22-15-19-18-10(2)20(15)12-4-5-12/h3,6-7,12H,4-5,8H2,1-2H3,(H,17,21). The quantitative estimate of drug-likeness (QED) is 0.802. The van der Waals surface area contributed by atoms with Crippen molar-refractivity contribution in [3.63, 3.8) is 0 Å². The van der Waals surface area contributed by atoms with Gasteiger partial charge in [-0.1, -0.05) is 27.7 Å². The first-order valence-corrected chi connectivity index (χ1v) is 8.93. The second-order valence-electron chi connectivity index (χ2n) is 5.43. The normalized spacial score (nSPS) is 14.1. The van der Waals surface area contributed by atoms with E-state index < -0.39 is 0 Å². The summed E-state index contributed by atoms with van der Waals surface area (Å²) in [7, 11) is 0. The number of rotatable bonds is 5. The van der Waals surface area contributed by atoms with Crippen LogP contribution in [0.4, 0.5) is 5.69 Å². The van der Waals surface area contributed by atoms with Crippen LogP contribution in [0, 0.1) is 13.8 Å². The van der Waals surface area contributed by atoms with Gasteiger partial charge in [-0.3, -0.25) is 4.79 Å². The van der Waals surface area contributed by atoms with Gasteiger partial charge in [0.25, 0.3) is 0 Å². The van der Waals surface area contributed by atoms with E-state index in [0.29, 0.717) is 11.8 Å². The molecule has 22 heavy (non-hydrogen) atoms. The average molecular weight is 381 g/mol. The third-order valence-electron chi connectivity index (χ3n) is 3.54. The second-order valence-corrected chi connectivity index (χ2v) is 7.29. The number of anilines is 1. The lowest BCUT2D eigenvalue weighted by atomic mass is 10.2. The molecule has 0 aliphatic heterocycles. The Morgan fingerprint density at radius 3 is 2.86 bits per heavy atom. The summed E-state index contributed by atoms with van der Waals surface area (Å²) in [4.78, 5) is 12.1. The van der Waals surface area contributed by atoms with Crippen LogP contribution in [0.2, 0.25) is 0 Å². The Morgan fingerprint density at radius 1 is 1.41 bits per heavy atom. The Labute approximate surface area is 142 Å². The molecule has 1 fully saturated rings. The SMILES string of the molecule is Cc1cc(Br)ccc1NC(=O)CSc1nnc(C)n1C1CC1. The number of halogens is 1. The van der Waals surface area contributed by atoms with E-state index in [2.05, 4.69) is 36.0 Å². The van der Waals surface area contributed by atoms with Crippen LogP contribution >= 0.6 is 27.7 Å². The van der Waals surface area contributed by atoms with E-state index in [0.717, 1.165) is 26.7 Å². The number of thioether (sulfide) groups is 1. The number of benzene rings is 1. The highest BCUT2D eigenvalue weighted by molar-refractivity contribution is 9.10. The Bertz CT molecular complexity index is 712. The van der Waals surface area contributed by atoms with Crippen molar-refractivity contribution in [2.75, 3.05) is 11.1 Å². The minimum atomic E-state index is -0.0292. The Morgan fingerprint density at radius 2 is 2.18 bits per heavy atom. The first kappa shape index (κ1) is 15.6. The molecule has 1 aromatic heterocycles. The summed E-state index contributed by atoms with van der Waals surface area (Å²) in [5, 5.41) is 12.1. The molecule has 3 rings (SSSR count). The van der Waals surface area contributed by atoms with Gasteiger partial charge >= 0.3 is 0 Å².